The molecule has 0 saturated carbocycles. The van der Waals surface area contributed by atoms with E-state index in [1.165, 1.54) is 0 Å². The highest BCUT2D eigenvalue weighted by molar-refractivity contribution is 5.94. The third-order valence-corrected chi connectivity index (χ3v) is 3.78. The van der Waals surface area contributed by atoms with Gasteiger partial charge >= 0.3 is 0 Å². The fraction of sp³-hybridized carbons (Fsp3) is 0.350. The van der Waals surface area contributed by atoms with Crippen molar-refractivity contribution < 1.29 is 14.3 Å². The molecule has 4 nitrogen and oxygen atoms in total. The number of rotatable bonds is 8. The summed E-state index contributed by atoms with van der Waals surface area (Å²) in [7, 11) is 1.62. The van der Waals surface area contributed by atoms with Crippen LogP contribution in [0.15, 0.2) is 48.5 Å². The van der Waals surface area contributed by atoms with Crippen molar-refractivity contribution in [2.24, 2.45) is 0 Å². The van der Waals surface area contributed by atoms with Crippen LogP contribution in [0.2, 0.25) is 0 Å². The predicted octanol–water partition coefficient (Wildman–Crippen LogP) is 4.19. The number of benzene rings is 2. The largest absolute Gasteiger partial charge is 0.496 e. The summed E-state index contributed by atoms with van der Waals surface area (Å²) in [6, 6.07) is 15.2. The second-order valence-corrected chi connectivity index (χ2v) is 5.79. The van der Waals surface area contributed by atoms with Gasteiger partial charge in [0.1, 0.15) is 18.1 Å². The highest BCUT2D eigenvalue weighted by Crippen LogP contribution is 2.22. The first-order chi connectivity index (χ1) is 11.6. The van der Waals surface area contributed by atoms with Gasteiger partial charge < -0.3 is 14.8 Å². The van der Waals surface area contributed by atoms with Crippen LogP contribution in [0.4, 0.5) is 0 Å². The van der Waals surface area contributed by atoms with Gasteiger partial charge in [-0.05, 0) is 43.7 Å². The van der Waals surface area contributed by atoms with Crippen molar-refractivity contribution in [3.63, 3.8) is 0 Å². The summed E-state index contributed by atoms with van der Waals surface area (Å²) in [5, 5.41) is 3.02. The highest BCUT2D eigenvalue weighted by atomic mass is 16.5. The van der Waals surface area contributed by atoms with E-state index in [2.05, 4.69) is 12.2 Å². The van der Waals surface area contributed by atoms with Crippen molar-refractivity contribution in [2.45, 2.75) is 39.3 Å². The van der Waals surface area contributed by atoms with E-state index >= 15 is 0 Å². The van der Waals surface area contributed by atoms with Gasteiger partial charge in [0.2, 0.25) is 0 Å². The van der Waals surface area contributed by atoms with Crippen molar-refractivity contribution in [1.82, 2.24) is 5.32 Å². The summed E-state index contributed by atoms with van der Waals surface area (Å²) < 4.78 is 11.2. The lowest BCUT2D eigenvalue weighted by Crippen LogP contribution is -2.32. The van der Waals surface area contributed by atoms with E-state index < -0.39 is 0 Å². The monoisotopic (exact) mass is 327 g/mol. The van der Waals surface area contributed by atoms with Crippen molar-refractivity contribution in [3.8, 4) is 11.5 Å². The average Bonchev–Trinajstić information content (AvgIpc) is 2.60. The third kappa shape index (κ3) is 5.01. The molecule has 0 unspecified atom stereocenters. The highest BCUT2D eigenvalue weighted by Gasteiger charge is 2.13. The first-order valence-corrected chi connectivity index (χ1v) is 8.29. The maximum atomic E-state index is 12.4. The molecule has 2 rings (SSSR count). The van der Waals surface area contributed by atoms with Gasteiger partial charge in [-0.2, -0.15) is 0 Å². The van der Waals surface area contributed by atoms with Crippen molar-refractivity contribution in [3.05, 3.63) is 59.7 Å². The second-order valence-electron chi connectivity index (χ2n) is 5.79. The topological polar surface area (TPSA) is 47.6 Å². The summed E-state index contributed by atoms with van der Waals surface area (Å²) in [5.41, 5.74) is 1.46. The summed E-state index contributed by atoms with van der Waals surface area (Å²) in [4.78, 5) is 12.4. The SMILES string of the molecule is CCC[C@@H](C)NC(=O)c1ccc(OC)c(COc2ccccc2)c1. The zero-order valence-corrected chi connectivity index (χ0v) is 14.5. The molecule has 0 saturated heterocycles. The normalized spacial score (nSPS) is 11.6. The molecule has 0 radical (unpaired) electrons. The van der Waals surface area contributed by atoms with Crippen LogP contribution in [-0.4, -0.2) is 19.1 Å². The lowest BCUT2D eigenvalue weighted by molar-refractivity contribution is 0.0938. The maximum Gasteiger partial charge on any atom is 0.251 e. The van der Waals surface area contributed by atoms with Gasteiger partial charge in [-0.3, -0.25) is 4.79 Å². The molecule has 1 N–H and O–H groups in total. The number of carbonyl (C=O) groups excluding carboxylic acids is 1. The minimum atomic E-state index is -0.0698. The molecular formula is C20H25NO3. The number of carbonyl (C=O) groups is 1. The van der Waals surface area contributed by atoms with E-state index in [1.807, 2.05) is 49.4 Å². The fourth-order valence-corrected chi connectivity index (χ4v) is 2.52. The summed E-state index contributed by atoms with van der Waals surface area (Å²) in [6.45, 7) is 4.47. The van der Waals surface area contributed by atoms with Gasteiger partial charge in [0.05, 0.1) is 7.11 Å². The lowest BCUT2D eigenvalue weighted by Gasteiger charge is -2.15. The van der Waals surface area contributed by atoms with Crippen LogP contribution in [-0.2, 0) is 6.61 Å². The summed E-state index contributed by atoms with van der Waals surface area (Å²) in [6.07, 6.45) is 2.01. The minimum absolute atomic E-state index is 0.0698. The number of methoxy groups -OCH3 is 1. The van der Waals surface area contributed by atoms with Crippen molar-refractivity contribution >= 4 is 5.91 Å². The quantitative estimate of drug-likeness (QED) is 0.791. The van der Waals surface area contributed by atoms with Gasteiger partial charge in [0, 0.05) is 17.2 Å². The molecule has 0 spiro atoms. The number of hydrogen-bond acceptors (Lipinski definition) is 3. The number of para-hydroxylation sites is 1. The van der Waals surface area contributed by atoms with Crippen LogP contribution in [0, 0.1) is 0 Å². The molecule has 1 amide bonds. The van der Waals surface area contributed by atoms with Gasteiger partial charge in [-0.1, -0.05) is 31.5 Å². The van der Waals surface area contributed by atoms with E-state index in [4.69, 9.17) is 9.47 Å². The van der Waals surface area contributed by atoms with Crippen LogP contribution >= 0.6 is 0 Å². The molecule has 128 valence electrons. The molecule has 0 aliphatic rings. The van der Waals surface area contributed by atoms with Gasteiger partial charge in [-0.25, -0.2) is 0 Å². The molecular weight excluding hydrogens is 302 g/mol. The Bertz CT molecular complexity index is 655. The fourth-order valence-electron chi connectivity index (χ4n) is 2.52. The van der Waals surface area contributed by atoms with Crippen molar-refractivity contribution in [2.75, 3.05) is 7.11 Å². The van der Waals surface area contributed by atoms with E-state index in [0.29, 0.717) is 17.9 Å². The lowest BCUT2D eigenvalue weighted by atomic mass is 10.1. The Morgan fingerprint density at radius 3 is 2.58 bits per heavy atom. The van der Waals surface area contributed by atoms with Crippen LogP contribution < -0.4 is 14.8 Å². The smallest absolute Gasteiger partial charge is 0.251 e. The van der Waals surface area contributed by atoms with Gasteiger partial charge in [-0.15, -0.1) is 0 Å². The Hall–Kier alpha value is -2.49. The Morgan fingerprint density at radius 1 is 1.17 bits per heavy atom. The van der Waals surface area contributed by atoms with Gasteiger partial charge in [0.15, 0.2) is 0 Å². The zero-order valence-electron chi connectivity index (χ0n) is 14.5. The first kappa shape index (κ1) is 17.9. The first-order valence-electron chi connectivity index (χ1n) is 8.29. The average molecular weight is 327 g/mol. The molecule has 0 aromatic heterocycles. The number of amides is 1. The third-order valence-electron chi connectivity index (χ3n) is 3.78. The Balaban J connectivity index is 2.10. The van der Waals surface area contributed by atoms with Crippen molar-refractivity contribution in [1.29, 1.82) is 0 Å². The molecule has 0 aliphatic heterocycles. The molecule has 0 fully saturated rings. The molecule has 0 bridgehead atoms. The Labute approximate surface area is 143 Å². The van der Waals surface area contributed by atoms with Crippen LogP contribution in [0.5, 0.6) is 11.5 Å². The maximum absolute atomic E-state index is 12.4. The Morgan fingerprint density at radius 2 is 1.92 bits per heavy atom. The molecule has 0 aliphatic carbocycles. The van der Waals surface area contributed by atoms with E-state index in [9.17, 15) is 4.79 Å². The Kier molecular flexibility index (Phi) is 6.67. The molecule has 1 atom stereocenters. The van der Waals surface area contributed by atoms with Crippen LogP contribution in [0.3, 0.4) is 0 Å². The number of ether oxygens (including phenoxy) is 2. The zero-order chi connectivity index (χ0) is 17.4. The number of nitrogens with one attached hydrogen (secondary N) is 1. The van der Waals surface area contributed by atoms with E-state index in [-0.39, 0.29) is 11.9 Å². The van der Waals surface area contributed by atoms with Crippen LogP contribution in [0.25, 0.3) is 0 Å². The molecule has 0 heterocycles. The van der Waals surface area contributed by atoms with Crippen LogP contribution in [0.1, 0.15) is 42.6 Å². The second kappa shape index (κ2) is 8.96. The summed E-state index contributed by atoms with van der Waals surface area (Å²) >= 11 is 0. The standard InChI is InChI=1S/C20H25NO3/c1-4-8-15(2)21-20(22)16-11-12-19(23-3)17(13-16)14-24-18-9-6-5-7-10-18/h5-7,9-13,15H,4,8,14H2,1-3H3,(H,21,22)/t15-/m1/s1. The van der Waals surface area contributed by atoms with E-state index in [0.717, 1.165) is 24.2 Å². The summed E-state index contributed by atoms with van der Waals surface area (Å²) in [5.74, 6) is 1.43. The number of hydrogen-bond donors (Lipinski definition) is 1. The van der Waals surface area contributed by atoms with Gasteiger partial charge in [0.25, 0.3) is 5.91 Å². The molecule has 4 heteroatoms. The van der Waals surface area contributed by atoms with E-state index in [1.54, 1.807) is 13.2 Å². The molecule has 2 aromatic carbocycles. The molecule has 2 aromatic rings. The molecule has 24 heavy (non-hydrogen) atoms. The predicted molar refractivity (Wildman–Crippen MR) is 95.6 cm³/mol. The minimum Gasteiger partial charge on any atom is -0.496 e.